The largest absolute Gasteiger partial charge is 0.507 e. The van der Waals surface area contributed by atoms with Crippen molar-refractivity contribution in [1.82, 2.24) is 14.5 Å². The minimum absolute atomic E-state index is 0. The molecule has 6 heteroatoms. The number of nitrogens with zero attached hydrogens (tertiary/aromatic N) is 3. The normalized spacial score (nSPS) is 11.6. The minimum Gasteiger partial charge on any atom is -0.507 e. The zero-order chi connectivity index (χ0) is 40.2. The predicted molar refractivity (Wildman–Crippen MR) is 242 cm³/mol. The Morgan fingerprint density at radius 3 is 1.93 bits per heavy atom. The van der Waals surface area contributed by atoms with Gasteiger partial charge in [-0.1, -0.05) is 142 Å². The molecule has 1 N–H and O–H groups in total. The van der Waals surface area contributed by atoms with E-state index in [0.717, 1.165) is 77.7 Å². The molecular weight excluding hydrogens is 918 g/mol. The third kappa shape index (κ3) is 6.73. The monoisotopic (exact) mass is 959 g/mol. The Morgan fingerprint density at radius 2 is 1.23 bits per heavy atom. The number of imidazole rings is 1. The van der Waals surface area contributed by atoms with Crippen molar-refractivity contribution in [2.45, 2.75) is 39.5 Å². The predicted octanol–water partition coefficient (Wildman–Crippen LogP) is 14.4. The summed E-state index contributed by atoms with van der Waals surface area (Å²) < 4.78 is 9.08. The van der Waals surface area contributed by atoms with Crippen molar-refractivity contribution in [2.75, 3.05) is 0 Å². The Kier molecular flexibility index (Phi) is 10.3. The third-order valence-electron chi connectivity index (χ3n) is 11.4. The van der Waals surface area contributed by atoms with Gasteiger partial charge >= 0.3 is 0 Å². The summed E-state index contributed by atoms with van der Waals surface area (Å²) in [5, 5.41) is 13.9. The standard InChI is InChI=1S/C54H42N3O2.Pt/c1-33(2)41-20-12-21-42(34(3)4)52(41)57-47-23-13-22-43(39-18-11-19-40(30-39)46-31-38(28-29-55-46)36-16-9-6-10-17-36)51(47)56-54(57)50-48(58)27-26-45-44-25-24-37(32-49(44)59-53(45)50)35-14-7-5-8-15-35;/h5-29,31-34,58H,1-4H3;/q-1;. The molecule has 0 radical (unpaired) electrons. The van der Waals surface area contributed by atoms with E-state index in [2.05, 4.69) is 154 Å². The zero-order valence-electron chi connectivity index (χ0n) is 33.8. The number of rotatable bonds is 8. The molecule has 0 aliphatic carbocycles. The Hall–Kier alpha value is -6.55. The van der Waals surface area contributed by atoms with Crippen LogP contribution in [0.15, 0.2) is 168 Å². The Labute approximate surface area is 364 Å². The van der Waals surface area contributed by atoms with E-state index in [4.69, 9.17) is 14.4 Å². The number of phenols is 1. The van der Waals surface area contributed by atoms with Crippen LogP contribution in [0.4, 0.5) is 0 Å². The van der Waals surface area contributed by atoms with Crippen LogP contribution >= 0.6 is 0 Å². The van der Waals surface area contributed by atoms with Crippen LogP contribution in [-0.4, -0.2) is 19.6 Å². The molecular formula is C54H42N3O2Pt-. The van der Waals surface area contributed by atoms with Crippen molar-refractivity contribution in [3.8, 4) is 67.5 Å². The summed E-state index contributed by atoms with van der Waals surface area (Å²) in [6.07, 6.45) is 1.86. The number of fused-ring (bicyclic) bond motifs is 4. The molecule has 7 aromatic carbocycles. The summed E-state index contributed by atoms with van der Waals surface area (Å²) in [6.45, 7) is 8.93. The smallest absolute Gasteiger partial charge is 0.152 e. The van der Waals surface area contributed by atoms with Crippen LogP contribution in [-0.2, 0) is 21.1 Å². The number of para-hydroxylation sites is 2. The van der Waals surface area contributed by atoms with Crippen molar-refractivity contribution in [3.05, 3.63) is 181 Å². The molecule has 5 nitrogen and oxygen atoms in total. The van der Waals surface area contributed by atoms with Gasteiger partial charge in [-0.15, -0.1) is 29.8 Å². The second kappa shape index (κ2) is 15.9. The Bertz CT molecular complexity index is 3160. The molecule has 60 heavy (non-hydrogen) atoms. The van der Waals surface area contributed by atoms with Gasteiger partial charge in [0.1, 0.15) is 22.5 Å². The Morgan fingerprint density at radius 1 is 0.600 bits per heavy atom. The molecule has 0 bridgehead atoms. The molecule has 0 unspecified atom stereocenters. The molecule has 0 aliphatic rings. The molecule has 0 aliphatic heterocycles. The fourth-order valence-electron chi connectivity index (χ4n) is 8.50. The van der Waals surface area contributed by atoms with Crippen LogP contribution in [0.2, 0.25) is 0 Å². The van der Waals surface area contributed by atoms with E-state index in [1.165, 1.54) is 11.1 Å². The van der Waals surface area contributed by atoms with Gasteiger partial charge in [-0.2, -0.15) is 0 Å². The number of benzene rings is 7. The maximum atomic E-state index is 12.0. The van der Waals surface area contributed by atoms with E-state index >= 15 is 0 Å². The number of hydrogen-bond donors (Lipinski definition) is 1. The second-order valence-corrected chi connectivity index (χ2v) is 15.8. The number of phenolic OH excluding ortho intramolecular Hbond substituents is 1. The van der Waals surface area contributed by atoms with E-state index in [9.17, 15) is 5.11 Å². The van der Waals surface area contributed by atoms with Gasteiger partial charge in [0.25, 0.3) is 0 Å². The van der Waals surface area contributed by atoms with E-state index in [-0.39, 0.29) is 38.7 Å². The molecule has 0 fully saturated rings. The van der Waals surface area contributed by atoms with Gasteiger partial charge in [-0.3, -0.25) is 9.55 Å². The van der Waals surface area contributed by atoms with Gasteiger partial charge < -0.3 is 9.52 Å². The summed E-state index contributed by atoms with van der Waals surface area (Å²) >= 11 is 0. The van der Waals surface area contributed by atoms with Crippen molar-refractivity contribution < 1.29 is 30.6 Å². The van der Waals surface area contributed by atoms with Crippen LogP contribution in [0.3, 0.4) is 0 Å². The molecule has 0 amide bonds. The van der Waals surface area contributed by atoms with E-state index in [0.29, 0.717) is 17.0 Å². The van der Waals surface area contributed by atoms with Crippen LogP contribution in [0.5, 0.6) is 5.75 Å². The summed E-state index contributed by atoms with van der Waals surface area (Å²) in [5.74, 6) is 1.15. The molecule has 3 aromatic heterocycles. The topological polar surface area (TPSA) is 64.1 Å². The molecule has 0 saturated heterocycles. The van der Waals surface area contributed by atoms with E-state index in [1.807, 2.05) is 42.6 Å². The van der Waals surface area contributed by atoms with Crippen molar-refractivity contribution in [2.24, 2.45) is 0 Å². The van der Waals surface area contributed by atoms with Crippen LogP contribution < -0.4 is 0 Å². The van der Waals surface area contributed by atoms with Crippen LogP contribution in [0, 0.1) is 6.07 Å². The first-order chi connectivity index (χ1) is 28.8. The molecule has 296 valence electrons. The van der Waals surface area contributed by atoms with Crippen LogP contribution in [0.25, 0.3) is 94.7 Å². The quantitative estimate of drug-likeness (QED) is 0.154. The summed E-state index contributed by atoms with van der Waals surface area (Å²) in [7, 11) is 0. The zero-order valence-corrected chi connectivity index (χ0v) is 36.0. The van der Waals surface area contributed by atoms with Gasteiger partial charge in [0.15, 0.2) is 5.82 Å². The average Bonchev–Trinajstić information content (AvgIpc) is 3.84. The first-order valence-corrected chi connectivity index (χ1v) is 20.3. The maximum Gasteiger partial charge on any atom is 0.152 e. The van der Waals surface area contributed by atoms with Gasteiger partial charge in [-0.05, 0) is 81.6 Å². The summed E-state index contributed by atoms with van der Waals surface area (Å²) in [6, 6.07) is 57.7. The maximum absolute atomic E-state index is 12.0. The molecule has 10 rings (SSSR count). The molecule has 10 aromatic rings. The number of pyridine rings is 1. The number of furan rings is 1. The summed E-state index contributed by atoms with van der Waals surface area (Å²) in [5.41, 5.74) is 15.1. The van der Waals surface area contributed by atoms with Gasteiger partial charge in [0.05, 0.1) is 16.7 Å². The van der Waals surface area contributed by atoms with Gasteiger partial charge in [0, 0.05) is 43.7 Å². The SMILES string of the molecule is CC(C)c1cccc(C(C)C)c1-n1c(-c2c(O)ccc3c2oc2cc(-c4ccccc4)ccc23)nc2c(-c3[c-]c(-c4cc(-c5ccccc5)ccn4)ccc3)cccc21.[Pt]. The first-order valence-electron chi connectivity index (χ1n) is 20.3. The molecule has 0 spiro atoms. The summed E-state index contributed by atoms with van der Waals surface area (Å²) in [4.78, 5) is 10.3. The van der Waals surface area contributed by atoms with Crippen molar-refractivity contribution in [1.29, 1.82) is 0 Å². The number of aromatic hydroxyl groups is 1. The fraction of sp³-hybridized carbons (Fsp3) is 0.111. The second-order valence-electron chi connectivity index (χ2n) is 15.8. The number of aromatic nitrogens is 3. The Balaban J connectivity index is 0.00000462. The van der Waals surface area contributed by atoms with Crippen molar-refractivity contribution in [3.63, 3.8) is 0 Å². The van der Waals surface area contributed by atoms with Crippen molar-refractivity contribution >= 4 is 33.0 Å². The molecule has 0 saturated carbocycles. The van der Waals surface area contributed by atoms with E-state index < -0.39 is 0 Å². The molecule has 0 atom stereocenters. The van der Waals surface area contributed by atoms with Gasteiger partial charge in [0.2, 0.25) is 0 Å². The average molecular weight is 960 g/mol. The molecule has 3 heterocycles. The third-order valence-corrected chi connectivity index (χ3v) is 11.4. The van der Waals surface area contributed by atoms with E-state index in [1.54, 1.807) is 6.07 Å². The van der Waals surface area contributed by atoms with Gasteiger partial charge in [-0.25, -0.2) is 4.98 Å². The fourth-order valence-corrected chi connectivity index (χ4v) is 8.50. The van der Waals surface area contributed by atoms with Crippen LogP contribution in [0.1, 0.15) is 50.7 Å². The minimum atomic E-state index is 0. The number of hydrogen-bond acceptors (Lipinski definition) is 4. The first kappa shape index (κ1) is 38.9.